The Morgan fingerprint density at radius 1 is 0.647 bits per heavy atom. The summed E-state index contributed by atoms with van der Waals surface area (Å²) < 4.78 is 5.71. The van der Waals surface area contributed by atoms with Crippen LogP contribution >= 0.6 is 0 Å². The summed E-state index contributed by atoms with van der Waals surface area (Å²) in [7, 11) is 0. The number of hydrogen-bond donors (Lipinski definition) is 0. The van der Waals surface area contributed by atoms with Gasteiger partial charge in [-0.25, -0.2) is 0 Å². The van der Waals surface area contributed by atoms with Crippen LogP contribution in [0.25, 0.3) is 0 Å². The summed E-state index contributed by atoms with van der Waals surface area (Å²) in [5.74, 6) is 0.692. The molecule has 0 nitrogen and oxygen atoms in total. The molecular formula is C33H38Ti. The standard InChI is InChI=1S/C12H17.3C7H7.Ti/c1-3-11-9(2)8-10-6-4-5-7-12(10)11;3*1-7-5-3-2-4-6-7;/h11H,3-7H2,1-2H3;3*2-6H,1H2;. The van der Waals surface area contributed by atoms with E-state index in [0.717, 1.165) is 0 Å². The molecule has 0 amide bonds. The van der Waals surface area contributed by atoms with Gasteiger partial charge in [0.15, 0.2) is 0 Å². The van der Waals surface area contributed by atoms with Gasteiger partial charge < -0.3 is 0 Å². The normalized spacial score (nSPS) is 18.4. The van der Waals surface area contributed by atoms with Crippen molar-refractivity contribution in [2.75, 3.05) is 0 Å². The van der Waals surface area contributed by atoms with Crippen molar-refractivity contribution in [3.05, 3.63) is 128 Å². The first-order valence-electron chi connectivity index (χ1n) is 13.3. The molecule has 0 saturated carbocycles. The molecule has 0 aliphatic heterocycles. The Morgan fingerprint density at radius 2 is 1.09 bits per heavy atom. The summed E-state index contributed by atoms with van der Waals surface area (Å²) in [5, 5.41) is 0. The van der Waals surface area contributed by atoms with E-state index in [1.54, 1.807) is 5.57 Å². The van der Waals surface area contributed by atoms with Crippen molar-refractivity contribution in [3.63, 3.8) is 0 Å². The molecule has 174 valence electrons. The molecule has 0 aromatic heterocycles. The van der Waals surface area contributed by atoms with E-state index in [9.17, 15) is 0 Å². The molecule has 0 bridgehead atoms. The molecule has 1 heteroatoms. The minimum atomic E-state index is -2.71. The molecule has 2 aliphatic rings. The zero-order valence-electron chi connectivity index (χ0n) is 20.9. The van der Waals surface area contributed by atoms with Crippen LogP contribution in [0.5, 0.6) is 0 Å². The topological polar surface area (TPSA) is 0 Å². The Hall–Kier alpha value is -2.15. The summed E-state index contributed by atoms with van der Waals surface area (Å²) in [4.78, 5) is 0. The third-order valence-corrected chi connectivity index (χ3v) is 16.1. The Morgan fingerprint density at radius 3 is 1.53 bits per heavy atom. The van der Waals surface area contributed by atoms with E-state index in [0.29, 0.717) is 5.92 Å². The quantitative estimate of drug-likeness (QED) is 0.281. The van der Waals surface area contributed by atoms with Gasteiger partial charge in [0.1, 0.15) is 0 Å². The van der Waals surface area contributed by atoms with Crippen molar-refractivity contribution in [3.8, 4) is 0 Å². The van der Waals surface area contributed by atoms with Gasteiger partial charge >= 0.3 is 211 Å². The Balaban J connectivity index is 1.71. The van der Waals surface area contributed by atoms with Crippen molar-refractivity contribution in [1.82, 2.24) is 0 Å². The third-order valence-electron chi connectivity index (χ3n) is 8.24. The van der Waals surface area contributed by atoms with E-state index < -0.39 is 16.6 Å². The van der Waals surface area contributed by atoms with Crippen LogP contribution in [-0.4, -0.2) is 0 Å². The first kappa shape index (κ1) is 23.6. The van der Waals surface area contributed by atoms with Crippen molar-refractivity contribution >= 4 is 0 Å². The van der Waals surface area contributed by atoms with Crippen LogP contribution in [0.3, 0.4) is 0 Å². The Bertz CT molecular complexity index is 1050. The maximum absolute atomic E-state index is 2.71. The Labute approximate surface area is 210 Å². The molecule has 1 unspecified atom stereocenters. The molecule has 34 heavy (non-hydrogen) atoms. The molecule has 3 aromatic carbocycles. The molecule has 0 spiro atoms. The van der Waals surface area contributed by atoms with E-state index in [-0.39, 0.29) is 0 Å². The second-order valence-corrected chi connectivity index (χ2v) is 16.9. The Kier molecular flexibility index (Phi) is 7.38. The van der Waals surface area contributed by atoms with E-state index >= 15 is 0 Å². The van der Waals surface area contributed by atoms with Crippen LogP contribution in [0.2, 0.25) is 0 Å². The van der Waals surface area contributed by atoms with Crippen LogP contribution in [0, 0.1) is 5.92 Å². The van der Waals surface area contributed by atoms with Crippen molar-refractivity contribution < 1.29 is 16.6 Å². The predicted octanol–water partition coefficient (Wildman–Crippen LogP) is 8.93. The van der Waals surface area contributed by atoms with Crippen LogP contribution in [-0.2, 0) is 30.8 Å². The average Bonchev–Trinajstić information content (AvgIpc) is 3.17. The number of hydrogen-bond acceptors (Lipinski definition) is 0. The number of rotatable bonds is 8. The van der Waals surface area contributed by atoms with Crippen LogP contribution in [0.15, 0.2) is 112 Å². The van der Waals surface area contributed by atoms with Crippen LogP contribution < -0.4 is 0 Å². The summed E-state index contributed by atoms with van der Waals surface area (Å²) in [5.41, 5.74) is 9.99. The molecule has 5 rings (SSSR count). The second-order valence-electron chi connectivity index (χ2n) is 10.5. The van der Waals surface area contributed by atoms with E-state index in [1.165, 1.54) is 63.0 Å². The number of benzene rings is 3. The van der Waals surface area contributed by atoms with Crippen LogP contribution in [0.4, 0.5) is 0 Å². The second kappa shape index (κ2) is 10.6. The van der Waals surface area contributed by atoms with E-state index in [1.807, 2.05) is 15.0 Å². The molecule has 0 fully saturated rings. The summed E-state index contributed by atoms with van der Waals surface area (Å²) >= 11 is -2.71. The molecule has 0 heterocycles. The molecule has 2 aliphatic carbocycles. The first-order valence-corrected chi connectivity index (χ1v) is 17.3. The van der Waals surface area contributed by atoms with Crippen molar-refractivity contribution in [1.29, 1.82) is 0 Å². The fourth-order valence-electron chi connectivity index (χ4n) is 6.98. The van der Waals surface area contributed by atoms with Gasteiger partial charge in [-0.15, -0.1) is 0 Å². The third kappa shape index (κ3) is 4.81. The maximum atomic E-state index is 2.52. The SMILES string of the molecule is CCC1C(C)=[C]([Ti]([CH2]c2ccccc2)([CH2]c2ccccc2)[CH2]c2ccccc2)C2=C1CCCC2. The van der Waals surface area contributed by atoms with Gasteiger partial charge in [0.25, 0.3) is 0 Å². The first-order chi connectivity index (χ1) is 16.7. The van der Waals surface area contributed by atoms with Gasteiger partial charge in [0.05, 0.1) is 0 Å². The van der Waals surface area contributed by atoms with Gasteiger partial charge in [-0.3, -0.25) is 0 Å². The molecule has 0 saturated heterocycles. The van der Waals surface area contributed by atoms with Gasteiger partial charge in [0, 0.05) is 0 Å². The monoisotopic (exact) mass is 482 g/mol. The molecule has 1 atom stereocenters. The molecule has 0 radical (unpaired) electrons. The average molecular weight is 483 g/mol. The summed E-state index contributed by atoms with van der Waals surface area (Å²) in [6.45, 7) is 4.93. The molecular weight excluding hydrogens is 444 g/mol. The van der Waals surface area contributed by atoms with Gasteiger partial charge in [0.2, 0.25) is 0 Å². The zero-order valence-corrected chi connectivity index (χ0v) is 22.5. The van der Waals surface area contributed by atoms with E-state index in [2.05, 4.69) is 105 Å². The minimum absolute atomic E-state index is 0.692. The summed E-state index contributed by atoms with van der Waals surface area (Å²) in [6.07, 6.45) is 6.64. The fourth-order valence-corrected chi connectivity index (χ4v) is 16.2. The van der Waals surface area contributed by atoms with Crippen molar-refractivity contribution in [2.24, 2.45) is 5.92 Å². The predicted molar refractivity (Wildman–Crippen MR) is 142 cm³/mol. The van der Waals surface area contributed by atoms with Crippen molar-refractivity contribution in [2.45, 2.75) is 60.1 Å². The zero-order chi connectivity index (χ0) is 23.4. The molecule has 3 aromatic rings. The summed E-state index contributed by atoms with van der Waals surface area (Å²) in [6, 6.07) is 34.2. The van der Waals surface area contributed by atoms with Gasteiger partial charge in [-0.2, -0.15) is 0 Å². The van der Waals surface area contributed by atoms with E-state index in [4.69, 9.17) is 0 Å². The fraction of sp³-hybridized carbons (Fsp3) is 0.333. The van der Waals surface area contributed by atoms with Gasteiger partial charge in [-0.1, -0.05) is 0 Å². The van der Waals surface area contributed by atoms with Crippen LogP contribution in [0.1, 0.15) is 62.6 Å². The molecule has 0 N–H and O–H groups in total. The van der Waals surface area contributed by atoms with Gasteiger partial charge in [-0.05, 0) is 0 Å². The number of allylic oxidation sites excluding steroid dienone is 4.